The predicted molar refractivity (Wildman–Crippen MR) is 162 cm³/mol. The van der Waals surface area contributed by atoms with Gasteiger partial charge in [0.2, 0.25) is 0 Å². The molecule has 1 aliphatic heterocycles. The zero-order valence-electron chi connectivity index (χ0n) is 23.9. The molecular formula is C33H32N4O6. The summed E-state index contributed by atoms with van der Waals surface area (Å²) in [5, 5.41) is 10.2. The van der Waals surface area contributed by atoms with E-state index in [9.17, 15) is 14.4 Å². The number of nitrogens with one attached hydrogen (secondary N) is 2. The van der Waals surface area contributed by atoms with Crippen LogP contribution >= 0.6 is 0 Å². The van der Waals surface area contributed by atoms with Crippen LogP contribution < -0.4 is 20.1 Å². The van der Waals surface area contributed by atoms with Crippen LogP contribution in [-0.2, 0) is 14.3 Å². The third-order valence-electron chi connectivity index (χ3n) is 6.44. The second kappa shape index (κ2) is 13.5. The molecule has 10 heteroatoms. The fourth-order valence-corrected chi connectivity index (χ4v) is 4.35. The van der Waals surface area contributed by atoms with Gasteiger partial charge in [0, 0.05) is 29.9 Å². The lowest BCUT2D eigenvalue weighted by Crippen LogP contribution is -2.29. The van der Waals surface area contributed by atoms with Crippen molar-refractivity contribution in [3.63, 3.8) is 0 Å². The van der Waals surface area contributed by atoms with Crippen molar-refractivity contribution in [2.24, 2.45) is 5.92 Å². The number of benzene rings is 3. The number of fused-ring (bicyclic) bond motifs is 1. The molecule has 43 heavy (non-hydrogen) atoms. The molecule has 0 saturated carbocycles. The number of nitrogens with zero attached hydrogens (tertiary/aromatic N) is 2. The third-order valence-corrected chi connectivity index (χ3v) is 6.44. The van der Waals surface area contributed by atoms with Crippen LogP contribution in [0, 0.1) is 5.92 Å². The number of carbonyl (C=O) groups is 3. The molecule has 2 N–H and O–H groups in total. The lowest BCUT2D eigenvalue weighted by Gasteiger charge is -2.18. The Balaban J connectivity index is 1.27. The normalized spacial score (nSPS) is 12.3. The van der Waals surface area contributed by atoms with E-state index in [0.717, 1.165) is 11.3 Å². The molecule has 5 rings (SSSR count). The fourth-order valence-electron chi connectivity index (χ4n) is 4.35. The van der Waals surface area contributed by atoms with Crippen LogP contribution in [0.25, 0.3) is 23.0 Å². The Labute approximate surface area is 249 Å². The van der Waals surface area contributed by atoms with Gasteiger partial charge in [0.25, 0.3) is 11.8 Å². The minimum absolute atomic E-state index is 0.281. The molecule has 3 aromatic carbocycles. The van der Waals surface area contributed by atoms with Gasteiger partial charge in [0.1, 0.15) is 18.9 Å². The van der Waals surface area contributed by atoms with Crippen LogP contribution in [0.1, 0.15) is 29.8 Å². The number of aromatic nitrogens is 2. The Bertz CT molecular complexity index is 1640. The van der Waals surface area contributed by atoms with Crippen molar-refractivity contribution < 1.29 is 28.6 Å². The quantitative estimate of drug-likeness (QED) is 0.202. The fraction of sp³-hybridized carbons (Fsp3) is 0.212. The molecule has 0 fully saturated rings. The number of rotatable bonds is 10. The molecule has 0 bridgehead atoms. The highest BCUT2D eigenvalue weighted by atomic mass is 16.6. The zero-order chi connectivity index (χ0) is 30.2. The second-order valence-electron chi connectivity index (χ2n) is 10.2. The number of ether oxygens (including phenoxy) is 3. The zero-order valence-corrected chi connectivity index (χ0v) is 23.9. The van der Waals surface area contributed by atoms with Crippen molar-refractivity contribution in [2.45, 2.75) is 13.8 Å². The molecule has 1 aliphatic rings. The van der Waals surface area contributed by atoms with E-state index in [1.54, 1.807) is 41.2 Å². The molecule has 2 amide bonds. The molecule has 1 aromatic heterocycles. The van der Waals surface area contributed by atoms with Crippen molar-refractivity contribution in [3.8, 4) is 28.4 Å². The van der Waals surface area contributed by atoms with E-state index in [-0.39, 0.29) is 11.8 Å². The SMILES string of the molecule is CC(C)CNC(=O)c1ccccc1NC(=O)COC(=O)/C=C/c1cn(-c2ccccc2)nc1-c1ccc2c(c1)OCCO2. The van der Waals surface area contributed by atoms with Crippen LogP contribution in [-0.4, -0.2) is 53.9 Å². The number of hydrogen-bond donors (Lipinski definition) is 2. The standard InChI is InChI=1S/C33H32N4O6/c1-22(2)19-34-33(40)26-10-6-7-11-27(26)35-30(38)21-43-31(39)15-13-24-20-37(25-8-4-3-5-9-25)36-32(24)23-12-14-28-29(18-23)42-17-16-41-28/h3-15,18,20,22H,16-17,19,21H2,1-2H3,(H,34,40)(H,35,38)/b15-13+. The van der Waals surface area contributed by atoms with E-state index in [2.05, 4.69) is 10.6 Å². The summed E-state index contributed by atoms with van der Waals surface area (Å²) < 4.78 is 18.3. The van der Waals surface area contributed by atoms with E-state index in [1.165, 1.54) is 6.08 Å². The van der Waals surface area contributed by atoms with Gasteiger partial charge in [-0.25, -0.2) is 9.48 Å². The van der Waals surface area contributed by atoms with Crippen LogP contribution in [0.4, 0.5) is 5.69 Å². The topological polar surface area (TPSA) is 121 Å². The first-order valence-electron chi connectivity index (χ1n) is 13.9. The summed E-state index contributed by atoms with van der Waals surface area (Å²) >= 11 is 0. The largest absolute Gasteiger partial charge is 0.486 e. The molecule has 0 spiro atoms. The van der Waals surface area contributed by atoms with Crippen molar-refractivity contribution in [3.05, 3.63) is 96.2 Å². The highest BCUT2D eigenvalue weighted by molar-refractivity contribution is 6.04. The third kappa shape index (κ3) is 7.48. The Kier molecular flexibility index (Phi) is 9.16. The minimum atomic E-state index is -0.710. The number of amides is 2. The van der Waals surface area contributed by atoms with Crippen molar-refractivity contribution in [1.29, 1.82) is 0 Å². The first kappa shape index (κ1) is 29.1. The van der Waals surface area contributed by atoms with E-state index in [0.29, 0.717) is 53.8 Å². The highest BCUT2D eigenvalue weighted by Crippen LogP contribution is 2.35. The van der Waals surface area contributed by atoms with Gasteiger partial charge in [-0.2, -0.15) is 5.10 Å². The van der Waals surface area contributed by atoms with Crippen molar-refractivity contribution >= 4 is 29.5 Å². The molecule has 2 heterocycles. The van der Waals surface area contributed by atoms with Gasteiger partial charge < -0.3 is 24.8 Å². The summed E-state index contributed by atoms with van der Waals surface area (Å²) in [5.74, 6) is -0.0102. The number of anilines is 1. The Morgan fingerprint density at radius 1 is 0.977 bits per heavy atom. The van der Waals surface area contributed by atoms with E-state index >= 15 is 0 Å². The van der Waals surface area contributed by atoms with Gasteiger partial charge in [-0.1, -0.05) is 44.2 Å². The molecule has 0 saturated heterocycles. The lowest BCUT2D eigenvalue weighted by molar-refractivity contribution is -0.142. The molecule has 0 aliphatic carbocycles. The van der Waals surface area contributed by atoms with Gasteiger partial charge in [-0.05, 0) is 54.5 Å². The first-order valence-corrected chi connectivity index (χ1v) is 13.9. The number of esters is 1. The summed E-state index contributed by atoms with van der Waals surface area (Å²) in [5.41, 5.74) is 3.56. The summed E-state index contributed by atoms with van der Waals surface area (Å²) in [6.07, 6.45) is 4.64. The molecule has 4 aromatic rings. The van der Waals surface area contributed by atoms with Crippen LogP contribution in [0.3, 0.4) is 0 Å². The van der Waals surface area contributed by atoms with Gasteiger partial charge >= 0.3 is 5.97 Å². The number of para-hydroxylation sites is 2. The molecule has 0 atom stereocenters. The summed E-state index contributed by atoms with van der Waals surface area (Å²) in [6.45, 7) is 4.91. The molecule has 220 valence electrons. The van der Waals surface area contributed by atoms with E-state index in [4.69, 9.17) is 19.3 Å². The van der Waals surface area contributed by atoms with E-state index < -0.39 is 18.5 Å². The molecule has 10 nitrogen and oxygen atoms in total. The van der Waals surface area contributed by atoms with E-state index in [1.807, 2.05) is 62.4 Å². The van der Waals surface area contributed by atoms with Crippen LogP contribution in [0.15, 0.2) is 85.1 Å². The van der Waals surface area contributed by atoms with Crippen molar-refractivity contribution in [2.75, 3.05) is 31.7 Å². The average Bonchev–Trinajstić information content (AvgIpc) is 3.46. The maximum absolute atomic E-state index is 12.6. The maximum Gasteiger partial charge on any atom is 0.331 e. The molecule has 0 unspecified atom stereocenters. The average molecular weight is 581 g/mol. The number of hydrogen-bond acceptors (Lipinski definition) is 7. The van der Waals surface area contributed by atoms with Gasteiger partial charge in [-0.3, -0.25) is 9.59 Å². The molecular weight excluding hydrogens is 548 g/mol. The number of carbonyl (C=O) groups excluding carboxylic acids is 3. The maximum atomic E-state index is 12.6. The van der Waals surface area contributed by atoms with Gasteiger partial charge in [0.05, 0.1) is 16.9 Å². The molecule has 0 radical (unpaired) electrons. The minimum Gasteiger partial charge on any atom is -0.486 e. The predicted octanol–water partition coefficient (Wildman–Crippen LogP) is 4.89. The second-order valence-corrected chi connectivity index (χ2v) is 10.2. The highest BCUT2D eigenvalue weighted by Gasteiger charge is 2.17. The Hall–Kier alpha value is -5.38. The first-order chi connectivity index (χ1) is 20.9. The van der Waals surface area contributed by atoms with Gasteiger partial charge in [-0.15, -0.1) is 0 Å². The van der Waals surface area contributed by atoms with Crippen LogP contribution in [0.5, 0.6) is 11.5 Å². The Morgan fingerprint density at radius 3 is 2.51 bits per heavy atom. The van der Waals surface area contributed by atoms with Crippen molar-refractivity contribution in [1.82, 2.24) is 15.1 Å². The monoisotopic (exact) mass is 580 g/mol. The Morgan fingerprint density at radius 2 is 1.72 bits per heavy atom. The lowest BCUT2D eigenvalue weighted by atomic mass is 10.1. The van der Waals surface area contributed by atoms with Gasteiger partial charge in [0.15, 0.2) is 18.1 Å². The summed E-state index contributed by atoms with van der Waals surface area (Å²) in [4.78, 5) is 37.7. The summed E-state index contributed by atoms with van der Waals surface area (Å²) in [7, 11) is 0. The summed E-state index contributed by atoms with van der Waals surface area (Å²) in [6, 6.07) is 21.8. The van der Waals surface area contributed by atoms with Crippen LogP contribution in [0.2, 0.25) is 0 Å². The smallest absolute Gasteiger partial charge is 0.331 e.